The molecule has 0 spiro atoms. The van der Waals surface area contributed by atoms with E-state index in [2.05, 4.69) is 5.32 Å². The van der Waals surface area contributed by atoms with Crippen LogP contribution in [-0.4, -0.2) is 15.0 Å². The van der Waals surface area contributed by atoms with Crippen LogP contribution in [-0.2, 0) is 18.4 Å². The minimum atomic E-state index is -0.543. The van der Waals surface area contributed by atoms with Crippen LogP contribution in [0.5, 0.6) is 0 Å². The second-order valence-electron chi connectivity index (χ2n) is 4.19. The van der Waals surface area contributed by atoms with Crippen molar-refractivity contribution in [3.8, 4) is 0 Å². The maximum Gasteiger partial charge on any atom is 0.331 e. The van der Waals surface area contributed by atoms with Gasteiger partial charge in [0.05, 0.1) is 0 Å². The number of hydrogen-bond acceptors (Lipinski definition) is 3. The second-order valence-corrected chi connectivity index (χ2v) is 4.63. The Morgan fingerprint density at radius 2 is 2.05 bits per heavy atom. The quantitative estimate of drug-likeness (QED) is 0.911. The zero-order valence-electron chi connectivity index (χ0n) is 10.7. The van der Waals surface area contributed by atoms with Crippen LogP contribution in [0, 0.1) is 0 Å². The van der Waals surface area contributed by atoms with Crippen molar-refractivity contribution in [3.05, 3.63) is 62.4 Å². The standard InChI is InChI=1S/C13H12ClN3O3/c1-16-6-5-12(19)17(13(16)20)8-11(18)15-10-4-2-3-9(14)7-10/h2-7H,8H2,1H3,(H,15,18). The fourth-order valence-electron chi connectivity index (χ4n) is 1.67. The molecule has 0 aliphatic carbocycles. The average Bonchev–Trinajstić information content (AvgIpc) is 2.39. The SMILES string of the molecule is Cn1ccc(=O)n(CC(=O)Nc2cccc(Cl)c2)c1=O. The summed E-state index contributed by atoms with van der Waals surface area (Å²) in [5.74, 6) is -0.474. The largest absolute Gasteiger partial charge is 0.331 e. The molecule has 2 rings (SSSR count). The van der Waals surface area contributed by atoms with Crippen molar-refractivity contribution in [1.29, 1.82) is 0 Å². The van der Waals surface area contributed by atoms with Crippen LogP contribution in [0.1, 0.15) is 0 Å². The predicted octanol–water partition coefficient (Wildman–Crippen LogP) is 0.839. The Labute approximate surface area is 119 Å². The lowest BCUT2D eigenvalue weighted by Crippen LogP contribution is -2.40. The van der Waals surface area contributed by atoms with E-state index in [0.29, 0.717) is 10.7 Å². The van der Waals surface area contributed by atoms with E-state index in [1.807, 2.05) is 0 Å². The Kier molecular flexibility index (Phi) is 4.05. The molecule has 1 aromatic heterocycles. The minimum absolute atomic E-state index is 0.348. The number of rotatable bonds is 3. The zero-order valence-corrected chi connectivity index (χ0v) is 11.4. The summed E-state index contributed by atoms with van der Waals surface area (Å²) in [5, 5.41) is 3.06. The van der Waals surface area contributed by atoms with Gasteiger partial charge < -0.3 is 9.88 Å². The molecular weight excluding hydrogens is 282 g/mol. The highest BCUT2D eigenvalue weighted by Crippen LogP contribution is 2.14. The molecule has 2 aromatic rings. The van der Waals surface area contributed by atoms with Crippen LogP contribution in [0.4, 0.5) is 5.69 Å². The number of nitrogens with zero attached hydrogens (tertiary/aromatic N) is 2. The van der Waals surface area contributed by atoms with Gasteiger partial charge in [-0.2, -0.15) is 0 Å². The zero-order chi connectivity index (χ0) is 14.7. The average molecular weight is 294 g/mol. The number of anilines is 1. The lowest BCUT2D eigenvalue weighted by Gasteiger charge is -2.08. The number of aryl methyl sites for hydroxylation is 1. The van der Waals surface area contributed by atoms with Gasteiger partial charge in [-0.15, -0.1) is 0 Å². The molecule has 6 nitrogen and oxygen atoms in total. The van der Waals surface area contributed by atoms with Crippen molar-refractivity contribution in [2.24, 2.45) is 7.05 Å². The molecule has 0 aliphatic heterocycles. The third kappa shape index (κ3) is 3.16. The molecule has 1 aromatic carbocycles. The molecule has 0 radical (unpaired) electrons. The first kappa shape index (κ1) is 14.1. The number of nitrogens with one attached hydrogen (secondary N) is 1. The molecule has 1 heterocycles. The molecule has 0 unspecified atom stereocenters. The summed E-state index contributed by atoms with van der Waals surface area (Å²) in [6, 6.07) is 7.83. The lowest BCUT2D eigenvalue weighted by molar-refractivity contribution is -0.116. The third-order valence-corrected chi connectivity index (χ3v) is 2.88. The number of carbonyl (C=O) groups is 1. The summed E-state index contributed by atoms with van der Waals surface area (Å²) in [6.07, 6.45) is 1.36. The molecule has 0 saturated carbocycles. The third-order valence-electron chi connectivity index (χ3n) is 2.65. The lowest BCUT2D eigenvalue weighted by atomic mass is 10.3. The summed E-state index contributed by atoms with van der Waals surface area (Å²) in [5.41, 5.74) is -0.559. The van der Waals surface area contributed by atoms with Crippen LogP contribution in [0.25, 0.3) is 0 Å². The van der Waals surface area contributed by atoms with E-state index in [4.69, 9.17) is 11.6 Å². The fraction of sp³-hybridized carbons (Fsp3) is 0.154. The summed E-state index contributed by atoms with van der Waals surface area (Å²) < 4.78 is 2.09. The first-order valence-electron chi connectivity index (χ1n) is 5.79. The summed E-state index contributed by atoms with van der Waals surface area (Å²) >= 11 is 5.80. The first-order chi connectivity index (χ1) is 9.47. The summed E-state index contributed by atoms with van der Waals surface area (Å²) in [4.78, 5) is 35.2. The van der Waals surface area contributed by atoms with Crippen molar-refractivity contribution in [2.75, 3.05) is 5.32 Å². The molecule has 104 valence electrons. The van der Waals surface area contributed by atoms with Crippen LogP contribution in [0.3, 0.4) is 0 Å². The molecule has 1 amide bonds. The second kappa shape index (κ2) is 5.75. The van der Waals surface area contributed by atoms with Gasteiger partial charge in [0.1, 0.15) is 6.54 Å². The van der Waals surface area contributed by atoms with Gasteiger partial charge in [-0.3, -0.25) is 14.2 Å². The highest BCUT2D eigenvalue weighted by Gasteiger charge is 2.09. The van der Waals surface area contributed by atoms with Crippen molar-refractivity contribution >= 4 is 23.2 Å². The maximum atomic E-state index is 11.8. The van der Waals surface area contributed by atoms with Gasteiger partial charge in [0, 0.05) is 30.0 Å². The molecule has 0 saturated heterocycles. The predicted molar refractivity (Wildman–Crippen MR) is 76.0 cm³/mol. The molecule has 0 atom stereocenters. The highest BCUT2D eigenvalue weighted by molar-refractivity contribution is 6.30. The normalized spacial score (nSPS) is 10.3. The van der Waals surface area contributed by atoms with E-state index in [1.54, 1.807) is 24.3 Å². The van der Waals surface area contributed by atoms with Crippen molar-refractivity contribution in [2.45, 2.75) is 6.54 Å². The van der Waals surface area contributed by atoms with E-state index in [9.17, 15) is 14.4 Å². The summed E-state index contributed by atoms with van der Waals surface area (Å²) in [6.45, 7) is -0.348. The fourth-order valence-corrected chi connectivity index (χ4v) is 1.86. The van der Waals surface area contributed by atoms with Crippen molar-refractivity contribution in [1.82, 2.24) is 9.13 Å². The monoisotopic (exact) mass is 293 g/mol. The van der Waals surface area contributed by atoms with E-state index >= 15 is 0 Å². The number of halogens is 1. The maximum absolute atomic E-state index is 11.8. The number of carbonyl (C=O) groups excluding carboxylic acids is 1. The number of benzene rings is 1. The van der Waals surface area contributed by atoms with Crippen LogP contribution < -0.4 is 16.6 Å². The first-order valence-corrected chi connectivity index (χ1v) is 6.17. The number of hydrogen-bond donors (Lipinski definition) is 1. The minimum Gasteiger partial charge on any atom is -0.324 e. The van der Waals surface area contributed by atoms with Gasteiger partial charge in [-0.1, -0.05) is 17.7 Å². The Hall–Kier alpha value is -2.34. The van der Waals surface area contributed by atoms with E-state index < -0.39 is 17.2 Å². The van der Waals surface area contributed by atoms with Gasteiger partial charge in [0.25, 0.3) is 5.56 Å². The van der Waals surface area contributed by atoms with Crippen LogP contribution in [0.15, 0.2) is 46.1 Å². The summed E-state index contributed by atoms with van der Waals surface area (Å²) in [7, 11) is 1.51. The van der Waals surface area contributed by atoms with E-state index in [0.717, 1.165) is 4.57 Å². The molecule has 0 bridgehead atoms. The van der Waals surface area contributed by atoms with Crippen LogP contribution in [0.2, 0.25) is 5.02 Å². The Morgan fingerprint density at radius 1 is 1.30 bits per heavy atom. The van der Waals surface area contributed by atoms with Crippen molar-refractivity contribution in [3.63, 3.8) is 0 Å². The molecule has 1 N–H and O–H groups in total. The van der Waals surface area contributed by atoms with Gasteiger partial charge in [0.15, 0.2) is 0 Å². The molecule has 7 heteroatoms. The number of amides is 1. The highest BCUT2D eigenvalue weighted by atomic mass is 35.5. The van der Waals surface area contributed by atoms with Crippen molar-refractivity contribution < 1.29 is 4.79 Å². The topological polar surface area (TPSA) is 73.1 Å². The molecule has 20 heavy (non-hydrogen) atoms. The van der Waals surface area contributed by atoms with Gasteiger partial charge in [-0.05, 0) is 18.2 Å². The Balaban J connectivity index is 2.19. The van der Waals surface area contributed by atoms with Gasteiger partial charge in [0.2, 0.25) is 5.91 Å². The van der Waals surface area contributed by atoms with E-state index in [1.165, 1.54) is 23.9 Å². The Bertz CT molecular complexity index is 764. The molecule has 0 fully saturated rings. The molecular formula is C13H12ClN3O3. The van der Waals surface area contributed by atoms with Crippen LogP contribution >= 0.6 is 11.6 Å². The van der Waals surface area contributed by atoms with Gasteiger partial charge >= 0.3 is 5.69 Å². The number of aromatic nitrogens is 2. The smallest absolute Gasteiger partial charge is 0.324 e. The van der Waals surface area contributed by atoms with Gasteiger partial charge in [-0.25, -0.2) is 4.79 Å². The molecule has 0 aliphatic rings. The Morgan fingerprint density at radius 3 is 2.75 bits per heavy atom. The van der Waals surface area contributed by atoms with E-state index in [-0.39, 0.29) is 6.54 Å².